The molecular formula is C19H23N3O6S. The van der Waals surface area contributed by atoms with Gasteiger partial charge in [0.2, 0.25) is 22.8 Å². The zero-order chi connectivity index (χ0) is 21.4. The third kappa shape index (κ3) is 6.60. The van der Waals surface area contributed by atoms with Crippen molar-refractivity contribution in [2.45, 2.75) is 31.8 Å². The van der Waals surface area contributed by atoms with Crippen molar-refractivity contribution in [3.8, 4) is 0 Å². The molecule has 9 nitrogen and oxygen atoms in total. The first-order valence-electron chi connectivity index (χ1n) is 9.09. The van der Waals surface area contributed by atoms with E-state index in [1.807, 2.05) is 0 Å². The Morgan fingerprint density at radius 2 is 1.90 bits per heavy atom. The number of carboxylic acid groups (broad SMARTS) is 1. The molecule has 0 aliphatic carbocycles. The SMILES string of the molecule is CC(=O)NCC(=O)N1CCC[C@H]1C(=O)NC(CSC(=O)c1ccccc1)C(=O)O. The first-order valence-corrected chi connectivity index (χ1v) is 10.1. The molecule has 1 aliphatic rings. The quantitative estimate of drug-likeness (QED) is 0.548. The Morgan fingerprint density at radius 1 is 1.21 bits per heavy atom. The van der Waals surface area contributed by atoms with Crippen LogP contribution in [-0.2, 0) is 19.2 Å². The Balaban J connectivity index is 1.94. The number of carboxylic acids is 1. The Labute approximate surface area is 172 Å². The van der Waals surface area contributed by atoms with Crippen molar-refractivity contribution in [1.82, 2.24) is 15.5 Å². The fourth-order valence-corrected chi connectivity index (χ4v) is 3.75. The van der Waals surface area contributed by atoms with Gasteiger partial charge in [-0.15, -0.1) is 0 Å². The van der Waals surface area contributed by atoms with Gasteiger partial charge in [0, 0.05) is 24.8 Å². The highest BCUT2D eigenvalue weighted by atomic mass is 32.2. The van der Waals surface area contributed by atoms with Gasteiger partial charge in [-0.25, -0.2) is 4.79 Å². The molecule has 1 aromatic rings. The number of hydrogen-bond donors (Lipinski definition) is 3. The number of nitrogens with zero attached hydrogens (tertiary/aromatic N) is 1. The average molecular weight is 421 g/mol. The Kier molecular flexibility index (Phi) is 8.20. The number of nitrogens with one attached hydrogen (secondary N) is 2. The predicted molar refractivity (Wildman–Crippen MR) is 106 cm³/mol. The molecule has 0 radical (unpaired) electrons. The lowest BCUT2D eigenvalue weighted by atomic mass is 10.2. The van der Waals surface area contributed by atoms with Gasteiger partial charge in [-0.05, 0) is 12.8 Å². The van der Waals surface area contributed by atoms with Crippen LogP contribution in [-0.4, -0.2) is 69.7 Å². The van der Waals surface area contributed by atoms with Crippen LogP contribution in [0.1, 0.15) is 30.1 Å². The standard InChI is InChI=1S/C19H23N3O6S/c1-12(23)20-10-16(24)22-9-5-8-15(22)17(25)21-14(18(26)27)11-29-19(28)13-6-3-2-4-7-13/h2-4,6-7,14-15H,5,8-11H2,1H3,(H,20,23)(H,21,25)(H,26,27)/t14?,15-/m0/s1. The third-order valence-corrected chi connectivity index (χ3v) is 5.37. The van der Waals surface area contributed by atoms with Gasteiger partial charge in [-0.1, -0.05) is 42.1 Å². The van der Waals surface area contributed by atoms with E-state index in [1.54, 1.807) is 30.3 Å². The van der Waals surface area contributed by atoms with E-state index in [9.17, 15) is 29.1 Å². The van der Waals surface area contributed by atoms with Gasteiger partial charge < -0.3 is 20.6 Å². The molecule has 29 heavy (non-hydrogen) atoms. The van der Waals surface area contributed by atoms with Crippen molar-refractivity contribution in [3.63, 3.8) is 0 Å². The molecule has 3 N–H and O–H groups in total. The Bertz CT molecular complexity index is 785. The molecule has 0 bridgehead atoms. The molecule has 3 amide bonds. The predicted octanol–water partition coefficient (Wildman–Crippen LogP) is 0.257. The first-order chi connectivity index (χ1) is 13.8. The number of rotatable bonds is 8. The van der Waals surface area contributed by atoms with E-state index in [2.05, 4.69) is 10.6 Å². The maximum Gasteiger partial charge on any atom is 0.327 e. The molecule has 1 aromatic carbocycles. The first kappa shape index (κ1) is 22.4. The van der Waals surface area contributed by atoms with Crippen molar-refractivity contribution in [2.24, 2.45) is 0 Å². The normalized spacial score (nSPS) is 16.7. The van der Waals surface area contributed by atoms with E-state index in [0.717, 1.165) is 11.8 Å². The Hall–Kier alpha value is -2.88. The summed E-state index contributed by atoms with van der Waals surface area (Å²) in [5, 5.41) is 13.9. The number of benzene rings is 1. The number of hydrogen-bond acceptors (Lipinski definition) is 6. The summed E-state index contributed by atoms with van der Waals surface area (Å²) in [7, 11) is 0. The summed E-state index contributed by atoms with van der Waals surface area (Å²) in [6.07, 6.45) is 1.00. The van der Waals surface area contributed by atoms with Gasteiger partial charge in [-0.3, -0.25) is 19.2 Å². The number of likely N-dealkylation sites (tertiary alicyclic amines) is 1. The van der Waals surface area contributed by atoms with Crippen LogP contribution in [0, 0.1) is 0 Å². The van der Waals surface area contributed by atoms with Gasteiger partial charge >= 0.3 is 5.97 Å². The second kappa shape index (κ2) is 10.6. The summed E-state index contributed by atoms with van der Waals surface area (Å²) in [5.74, 6) is -2.75. The second-order valence-corrected chi connectivity index (χ2v) is 7.51. The summed E-state index contributed by atoms with van der Waals surface area (Å²) in [6.45, 7) is 1.42. The minimum Gasteiger partial charge on any atom is -0.480 e. The number of thioether (sulfide) groups is 1. The highest BCUT2D eigenvalue weighted by Gasteiger charge is 2.35. The molecule has 10 heteroatoms. The monoisotopic (exact) mass is 421 g/mol. The average Bonchev–Trinajstić information content (AvgIpc) is 3.19. The lowest BCUT2D eigenvalue weighted by Gasteiger charge is -2.25. The van der Waals surface area contributed by atoms with Crippen molar-refractivity contribution < 1.29 is 29.1 Å². The fourth-order valence-electron chi connectivity index (χ4n) is 2.90. The smallest absolute Gasteiger partial charge is 0.327 e. The number of aliphatic carboxylic acids is 1. The number of carbonyl (C=O) groups excluding carboxylic acids is 4. The van der Waals surface area contributed by atoms with Gasteiger partial charge in [0.15, 0.2) is 0 Å². The van der Waals surface area contributed by atoms with Crippen LogP contribution in [0.3, 0.4) is 0 Å². The molecule has 0 saturated carbocycles. The maximum atomic E-state index is 12.6. The van der Waals surface area contributed by atoms with Crippen LogP contribution in [0.4, 0.5) is 0 Å². The minimum atomic E-state index is -1.27. The van der Waals surface area contributed by atoms with E-state index in [-0.39, 0.29) is 23.3 Å². The van der Waals surface area contributed by atoms with Crippen LogP contribution in [0.5, 0.6) is 0 Å². The molecule has 1 heterocycles. The minimum absolute atomic E-state index is 0.138. The zero-order valence-corrected chi connectivity index (χ0v) is 16.7. The number of carbonyl (C=O) groups is 5. The second-order valence-electron chi connectivity index (χ2n) is 6.52. The summed E-state index contributed by atoms with van der Waals surface area (Å²) >= 11 is 0.806. The zero-order valence-electron chi connectivity index (χ0n) is 15.9. The van der Waals surface area contributed by atoms with E-state index in [0.29, 0.717) is 24.9 Å². The number of amides is 3. The van der Waals surface area contributed by atoms with E-state index < -0.39 is 29.9 Å². The molecule has 0 spiro atoms. The molecule has 2 rings (SSSR count). The van der Waals surface area contributed by atoms with E-state index >= 15 is 0 Å². The third-order valence-electron chi connectivity index (χ3n) is 4.37. The summed E-state index contributed by atoms with van der Waals surface area (Å²) < 4.78 is 0. The Morgan fingerprint density at radius 3 is 2.52 bits per heavy atom. The van der Waals surface area contributed by atoms with Crippen LogP contribution < -0.4 is 10.6 Å². The van der Waals surface area contributed by atoms with E-state index in [4.69, 9.17) is 0 Å². The fraction of sp³-hybridized carbons (Fsp3) is 0.421. The molecule has 156 valence electrons. The highest BCUT2D eigenvalue weighted by molar-refractivity contribution is 8.14. The molecule has 1 aliphatic heterocycles. The van der Waals surface area contributed by atoms with Gasteiger partial charge in [-0.2, -0.15) is 0 Å². The van der Waals surface area contributed by atoms with Crippen LogP contribution in [0.15, 0.2) is 30.3 Å². The molecular weight excluding hydrogens is 398 g/mol. The molecule has 2 atom stereocenters. The van der Waals surface area contributed by atoms with Gasteiger partial charge in [0.05, 0.1) is 6.54 Å². The van der Waals surface area contributed by atoms with E-state index in [1.165, 1.54) is 11.8 Å². The highest BCUT2D eigenvalue weighted by Crippen LogP contribution is 2.18. The summed E-state index contributed by atoms with van der Waals surface area (Å²) in [5.41, 5.74) is 0.443. The summed E-state index contributed by atoms with van der Waals surface area (Å²) in [4.78, 5) is 60.8. The largest absolute Gasteiger partial charge is 0.480 e. The molecule has 1 saturated heterocycles. The van der Waals surface area contributed by atoms with Gasteiger partial charge in [0.25, 0.3) is 0 Å². The topological polar surface area (TPSA) is 133 Å². The van der Waals surface area contributed by atoms with Crippen LogP contribution in [0.25, 0.3) is 0 Å². The van der Waals surface area contributed by atoms with Gasteiger partial charge in [0.1, 0.15) is 12.1 Å². The lowest BCUT2D eigenvalue weighted by molar-refractivity contribution is -0.143. The molecule has 0 aromatic heterocycles. The van der Waals surface area contributed by atoms with Crippen molar-refractivity contribution in [2.75, 3.05) is 18.8 Å². The van der Waals surface area contributed by atoms with Crippen molar-refractivity contribution in [3.05, 3.63) is 35.9 Å². The summed E-state index contributed by atoms with van der Waals surface area (Å²) in [6, 6.07) is 6.36. The molecule has 1 unspecified atom stereocenters. The maximum absolute atomic E-state index is 12.6. The van der Waals surface area contributed by atoms with Crippen molar-refractivity contribution >= 4 is 40.6 Å². The molecule has 1 fully saturated rings. The van der Waals surface area contributed by atoms with Crippen LogP contribution >= 0.6 is 11.8 Å². The van der Waals surface area contributed by atoms with Crippen molar-refractivity contribution in [1.29, 1.82) is 0 Å². The lowest BCUT2D eigenvalue weighted by Crippen LogP contribution is -2.53. The van der Waals surface area contributed by atoms with Crippen LogP contribution in [0.2, 0.25) is 0 Å².